The fourth-order valence-corrected chi connectivity index (χ4v) is 2.83. The minimum Gasteiger partial charge on any atom is -0.143 e. The van der Waals surface area contributed by atoms with Gasteiger partial charge in [-0.05, 0) is 42.9 Å². The van der Waals surface area contributed by atoms with Crippen molar-refractivity contribution in [2.45, 2.75) is 83.0 Å². The van der Waals surface area contributed by atoms with Crippen LogP contribution in [0, 0.1) is 0 Å². The zero-order chi connectivity index (χ0) is 13.9. The highest BCUT2D eigenvalue weighted by Crippen LogP contribution is 2.20. The summed E-state index contributed by atoms with van der Waals surface area (Å²) in [7, 11) is 0. The van der Waals surface area contributed by atoms with Crippen molar-refractivity contribution in [2.24, 2.45) is 0 Å². The maximum atomic E-state index is 4.66. The second kappa shape index (κ2) is 10.4. The zero-order valence-corrected chi connectivity index (χ0v) is 13.6. The van der Waals surface area contributed by atoms with Gasteiger partial charge in [-0.25, -0.2) is 0 Å². The van der Waals surface area contributed by atoms with E-state index in [1.165, 1.54) is 80.2 Å². The molecule has 0 N–H and O–H groups in total. The quantitative estimate of drug-likeness (QED) is 0.381. The van der Waals surface area contributed by atoms with Crippen LogP contribution in [0.25, 0.3) is 0 Å². The van der Waals surface area contributed by atoms with Crippen LogP contribution in [-0.2, 0) is 12.8 Å². The second-order valence-electron chi connectivity index (χ2n) is 5.58. The number of rotatable bonds is 10. The van der Waals surface area contributed by atoms with E-state index in [9.17, 15) is 0 Å². The van der Waals surface area contributed by atoms with E-state index in [2.05, 4.69) is 44.7 Å². The predicted octanol–water partition coefficient (Wildman–Crippen LogP) is 6.22. The molecular formula is C18H30S. The van der Waals surface area contributed by atoms with Crippen molar-refractivity contribution in [3.05, 3.63) is 29.3 Å². The molecule has 0 aliphatic carbocycles. The highest BCUT2D eigenvalue weighted by atomic mass is 32.1. The first-order valence-electron chi connectivity index (χ1n) is 8.08. The fourth-order valence-electron chi connectivity index (χ4n) is 2.47. The van der Waals surface area contributed by atoms with Crippen molar-refractivity contribution in [3.63, 3.8) is 0 Å². The van der Waals surface area contributed by atoms with Gasteiger partial charge in [0.05, 0.1) is 0 Å². The van der Waals surface area contributed by atoms with Crippen molar-refractivity contribution in [1.29, 1.82) is 0 Å². The number of hydrogen-bond acceptors (Lipinski definition) is 1. The fraction of sp³-hybridized carbons (Fsp3) is 0.667. The summed E-state index contributed by atoms with van der Waals surface area (Å²) in [5.74, 6) is 0. The van der Waals surface area contributed by atoms with Gasteiger partial charge >= 0.3 is 0 Å². The molecule has 0 nitrogen and oxygen atoms in total. The van der Waals surface area contributed by atoms with Gasteiger partial charge in [-0.1, -0.05) is 64.5 Å². The first-order chi connectivity index (χ1) is 9.27. The lowest BCUT2D eigenvalue weighted by molar-refractivity contribution is 0.660. The van der Waals surface area contributed by atoms with E-state index in [1.807, 2.05) is 0 Å². The van der Waals surface area contributed by atoms with Crippen LogP contribution in [0.15, 0.2) is 23.1 Å². The van der Waals surface area contributed by atoms with Crippen LogP contribution >= 0.6 is 12.6 Å². The van der Waals surface area contributed by atoms with E-state index in [0.717, 1.165) is 0 Å². The monoisotopic (exact) mass is 278 g/mol. The van der Waals surface area contributed by atoms with Crippen LogP contribution in [-0.4, -0.2) is 0 Å². The SMILES string of the molecule is CCCCCCc1ccc(CCCCCC)c(S)c1. The third-order valence-electron chi connectivity index (χ3n) is 3.77. The molecule has 0 fully saturated rings. The van der Waals surface area contributed by atoms with Gasteiger partial charge in [0.25, 0.3) is 0 Å². The summed E-state index contributed by atoms with van der Waals surface area (Å²) >= 11 is 4.66. The van der Waals surface area contributed by atoms with Crippen LogP contribution in [0.1, 0.15) is 76.3 Å². The van der Waals surface area contributed by atoms with Gasteiger partial charge in [0, 0.05) is 4.90 Å². The maximum Gasteiger partial charge on any atom is 0.00747 e. The largest absolute Gasteiger partial charge is 0.143 e. The first-order valence-corrected chi connectivity index (χ1v) is 8.53. The van der Waals surface area contributed by atoms with Gasteiger partial charge in [-0.2, -0.15) is 0 Å². The molecular weight excluding hydrogens is 248 g/mol. The average molecular weight is 279 g/mol. The van der Waals surface area contributed by atoms with Crippen LogP contribution < -0.4 is 0 Å². The molecule has 0 aliphatic heterocycles. The Morgan fingerprint density at radius 1 is 0.789 bits per heavy atom. The topological polar surface area (TPSA) is 0 Å². The molecule has 1 aromatic carbocycles. The van der Waals surface area contributed by atoms with Gasteiger partial charge in [-0.15, -0.1) is 12.6 Å². The molecule has 19 heavy (non-hydrogen) atoms. The summed E-state index contributed by atoms with van der Waals surface area (Å²) < 4.78 is 0. The molecule has 0 spiro atoms. The van der Waals surface area contributed by atoms with E-state index in [0.29, 0.717) is 0 Å². The molecule has 0 atom stereocenters. The Balaban J connectivity index is 2.36. The van der Waals surface area contributed by atoms with Gasteiger partial charge in [0.15, 0.2) is 0 Å². The third kappa shape index (κ3) is 7.06. The van der Waals surface area contributed by atoms with E-state index in [-0.39, 0.29) is 0 Å². The molecule has 1 rings (SSSR count). The van der Waals surface area contributed by atoms with Crippen LogP contribution in [0.3, 0.4) is 0 Å². The van der Waals surface area contributed by atoms with Crippen LogP contribution in [0.4, 0.5) is 0 Å². The molecule has 0 aromatic heterocycles. The van der Waals surface area contributed by atoms with E-state index in [1.54, 1.807) is 0 Å². The van der Waals surface area contributed by atoms with E-state index < -0.39 is 0 Å². The number of benzene rings is 1. The smallest absolute Gasteiger partial charge is 0.00747 e. The van der Waals surface area contributed by atoms with Crippen LogP contribution in [0.5, 0.6) is 0 Å². The van der Waals surface area contributed by atoms with Gasteiger partial charge < -0.3 is 0 Å². The Morgan fingerprint density at radius 3 is 2.00 bits per heavy atom. The molecule has 1 aromatic rings. The lowest BCUT2D eigenvalue weighted by Crippen LogP contribution is -1.92. The normalized spacial score (nSPS) is 10.9. The first kappa shape index (κ1) is 16.6. The minimum absolute atomic E-state index is 1.19. The summed E-state index contributed by atoms with van der Waals surface area (Å²) in [5.41, 5.74) is 2.88. The molecule has 0 bridgehead atoms. The summed E-state index contributed by atoms with van der Waals surface area (Å²) in [6.45, 7) is 4.52. The van der Waals surface area contributed by atoms with Gasteiger partial charge in [0.1, 0.15) is 0 Å². The lowest BCUT2D eigenvalue weighted by Gasteiger charge is -2.08. The minimum atomic E-state index is 1.19. The maximum absolute atomic E-state index is 4.66. The molecule has 108 valence electrons. The summed E-state index contributed by atoms with van der Waals surface area (Å²) in [6, 6.07) is 6.88. The highest BCUT2D eigenvalue weighted by Gasteiger charge is 2.01. The van der Waals surface area contributed by atoms with E-state index >= 15 is 0 Å². The Morgan fingerprint density at radius 2 is 1.42 bits per heavy atom. The third-order valence-corrected chi connectivity index (χ3v) is 4.18. The molecule has 0 heterocycles. The Hall–Kier alpha value is -0.430. The van der Waals surface area contributed by atoms with Gasteiger partial charge in [0.2, 0.25) is 0 Å². The lowest BCUT2D eigenvalue weighted by atomic mass is 10.0. The molecule has 0 radical (unpaired) electrons. The molecule has 1 heteroatoms. The summed E-state index contributed by atoms with van der Waals surface area (Å²) in [4.78, 5) is 1.20. The van der Waals surface area contributed by atoms with Crippen molar-refractivity contribution in [1.82, 2.24) is 0 Å². The van der Waals surface area contributed by atoms with Crippen molar-refractivity contribution < 1.29 is 0 Å². The second-order valence-corrected chi connectivity index (χ2v) is 6.07. The average Bonchev–Trinajstić information content (AvgIpc) is 2.42. The van der Waals surface area contributed by atoms with E-state index in [4.69, 9.17) is 0 Å². The summed E-state index contributed by atoms with van der Waals surface area (Å²) in [6.07, 6.45) is 13.1. The highest BCUT2D eigenvalue weighted by molar-refractivity contribution is 7.80. The number of aryl methyl sites for hydroxylation is 2. The molecule has 0 amide bonds. The Kier molecular flexibility index (Phi) is 9.07. The van der Waals surface area contributed by atoms with Crippen molar-refractivity contribution >= 4 is 12.6 Å². The summed E-state index contributed by atoms with van der Waals surface area (Å²) in [5, 5.41) is 0. The zero-order valence-electron chi connectivity index (χ0n) is 12.8. The molecule has 0 unspecified atom stereocenters. The standard InChI is InChI=1S/C18H30S/c1-3-5-7-9-11-16-13-14-17(18(19)15-16)12-10-8-6-4-2/h13-15,19H,3-12H2,1-2H3. The Bertz CT molecular complexity index is 344. The number of hydrogen-bond donors (Lipinski definition) is 1. The molecule has 0 aliphatic rings. The molecule has 0 saturated heterocycles. The van der Waals surface area contributed by atoms with Crippen molar-refractivity contribution in [2.75, 3.05) is 0 Å². The van der Waals surface area contributed by atoms with Gasteiger partial charge in [-0.3, -0.25) is 0 Å². The predicted molar refractivity (Wildman–Crippen MR) is 89.4 cm³/mol. The van der Waals surface area contributed by atoms with Crippen LogP contribution in [0.2, 0.25) is 0 Å². The Labute approximate surface area is 125 Å². The number of thiol groups is 1. The molecule has 0 saturated carbocycles. The number of unbranched alkanes of at least 4 members (excludes halogenated alkanes) is 6. The van der Waals surface area contributed by atoms with Crippen molar-refractivity contribution in [3.8, 4) is 0 Å².